The topological polar surface area (TPSA) is 178 Å². The van der Waals surface area contributed by atoms with E-state index in [1.807, 2.05) is 11.9 Å². The van der Waals surface area contributed by atoms with Crippen molar-refractivity contribution in [1.82, 2.24) is 14.6 Å². The fourth-order valence-corrected chi connectivity index (χ4v) is 5.93. The molecule has 210 valence electrons. The van der Waals surface area contributed by atoms with Gasteiger partial charge in [-0.05, 0) is 32.4 Å². The Hall–Kier alpha value is -3.24. The molecule has 2 heterocycles. The first kappa shape index (κ1) is 28.8. The summed E-state index contributed by atoms with van der Waals surface area (Å²) in [5.74, 6) is 1.54. The van der Waals surface area contributed by atoms with Crippen LogP contribution in [0.1, 0.15) is 39.8 Å². The second-order valence-corrected chi connectivity index (χ2v) is 11.2. The quantitative estimate of drug-likeness (QED) is 0.183. The Morgan fingerprint density at radius 1 is 1.33 bits per heavy atom. The molecule has 4 rings (SSSR count). The Labute approximate surface area is 223 Å². The zero-order valence-electron chi connectivity index (χ0n) is 21.5. The van der Waals surface area contributed by atoms with Crippen LogP contribution in [0.3, 0.4) is 0 Å². The van der Waals surface area contributed by atoms with Crippen LogP contribution in [0.15, 0.2) is 52.2 Å². The van der Waals surface area contributed by atoms with Crippen LogP contribution in [0.5, 0.6) is 5.75 Å². The Kier molecular flexibility index (Phi) is 7.91. The van der Waals surface area contributed by atoms with Gasteiger partial charge in [0.25, 0.3) is 5.56 Å². The normalized spacial score (nSPS) is 30.6. The summed E-state index contributed by atoms with van der Waals surface area (Å²) in [6, 6.07) is 7.96. The van der Waals surface area contributed by atoms with Crippen LogP contribution in [0.4, 0.5) is 0 Å². The first-order chi connectivity index (χ1) is 18.4. The van der Waals surface area contributed by atoms with E-state index in [9.17, 15) is 29.2 Å². The molecule has 1 aliphatic heterocycles. The highest BCUT2D eigenvalue weighted by molar-refractivity contribution is 7.52. The second-order valence-electron chi connectivity index (χ2n) is 9.52. The van der Waals surface area contributed by atoms with Crippen molar-refractivity contribution in [3.05, 3.63) is 63.4 Å². The van der Waals surface area contributed by atoms with Gasteiger partial charge in [0.2, 0.25) is 0 Å². The number of aromatic nitrogens is 2. The molecule has 0 amide bonds. The number of nitrogens with one attached hydrogen (secondary N) is 2. The predicted molar refractivity (Wildman–Crippen MR) is 137 cm³/mol. The van der Waals surface area contributed by atoms with Gasteiger partial charge in [0.05, 0.1) is 6.10 Å². The lowest BCUT2D eigenvalue weighted by atomic mass is 9.93. The van der Waals surface area contributed by atoms with Gasteiger partial charge in [-0.2, -0.15) is 5.09 Å². The highest BCUT2D eigenvalue weighted by Gasteiger charge is 2.76. The predicted octanol–water partition coefficient (Wildman–Crippen LogP) is 0.825. The maximum atomic E-state index is 13.9. The number of carbonyl (C=O) groups is 1. The summed E-state index contributed by atoms with van der Waals surface area (Å²) >= 11 is 0. The van der Waals surface area contributed by atoms with Crippen molar-refractivity contribution in [1.29, 1.82) is 0 Å². The van der Waals surface area contributed by atoms with Gasteiger partial charge in [-0.3, -0.25) is 23.7 Å². The van der Waals surface area contributed by atoms with Crippen molar-refractivity contribution >= 4 is 13.7 Å². The van der Waals surface area contributed by atoms with E-state index in [1.165, 1.54) is 19.1 Å². The smallest absolute Gasteiger partial charge is 0.459 e. The van der Waals surface area contributed by atoms with Crippen molar-refractivity contribution in [2.45, 2.75) is 75.4 Å². The minimum Gasteiger partial charge on any atom is -0.462 e. The number of benzene rings is 1. The van der Waals surface area contributed by atoms with Gasteiger partial charge >= 0.3 is 19.4 Å². The molecule has 2 fully saturated rings. The first-order valence-electron chi connectivity index (χ1n) is 12.3. The third-order valence-electron chi connectivity index (χ3n) is 6.64. The molecule has 1 saturated heterocycles. The minimum absolute atomic E-state index is 0.0950. The van der Waals surface area contributed by atoms with Gasteiger partial charge in [0.15, 0.2) is 11.8 Å². The molecular formula is C25H30N3O10P. The fraction of sp³-hybridized carbons (Fsp3) is 0.480. The molecule has 2 aromatic rings. The average Bonchev–Trinajstić information content (AvgIpc) is 3.53. The summed E-state index contributed by atoms with van der Waals surface area (Å²) in [7, 11) is -4.35. The molecular weight excluding hydrogens is 533 g/mol. The van der Waals surface area contributed by atoms with E-state index in [0.29, 0.717) is 6.42 Å². The molecule has 8 atom stereocenters. The number of carbonyl (C=O) groups excluding carboxylic acids is 1. The summed E-state index contributed by atoms with van der Waals surface area (Å²) in [5, 5.41) is 24.7. The van der Waals surface area contributed by atoms with Crippen LogP contribution in [0.2, 0.25) is 0 Å². The van der Waals surface area contributed by atoms with E-state index < -0.39 is 60.6 Å². The van der Waals surface area contributed by atoms with Crippen molar-refractivity contribution in [3.8, 4) is 18.1 Å². The van der Waals surface area contributed by atoms with Gasteiger partial charge in [0.1, 0.15) is 29.6 Å². The largest absolute Gasteiger partial charge is 0.462 e. The number of H-pyrrole nitrogens is 1. The molecule has 2 unspecified atom stereocenters. The van der Waals surface area contributed by atoms with E-state index in [2.05, 4.69) is 11.0 Å². The van der Waals surface area contributed by atoms with E-state index in [4.69, 9.17) is 24.9 Å². The van der Waals surface area contributed by atoms with E-state index in [-0.39, 0.29) is 18.3 Å². The fourth-order valence-electron chi connectivity index (χ4n) is 4.21. The van der Waals surface area contributed by atoms with Gasteiger partial charge in [-0.25, -0.2) is 9.36 Å². The highest BCUT2D eigenvalue weighted by Crippen LogP contribution is 2.62. The maximum Gasteiger partial charge on any atom is 0.459 e. The summed E-state index contributed by atoms with van der Waals surface area (Å²) in [6.45, 7) is 4.98. The van der Waals surface area contributed by atoms with E-state index >= 15 is 0 Å². The number of hydrogen-bond donors (Lipinski definition) is 4. The monoisotopic (exact) mass is 563 g/mol. The first-order valence-corrected chi connectivity index (χ1v) is 13.8. The van der Waals surface area contributed by atoms with Crippen molar-refractivity contribution in [2.75, 3.05) is 0 Å². The summed E-state index contributed by atoms with van der Waals surface area (Å²) in [4.78, 5) is 38.4. The zero-order chi connectivity index (χ0) is 28.6. The number of esters is 1. The van der Waals surface area contributed by atoms with Crippen molar-refractivity contribution in [2.24, 2.45) is 0 Å². The third kappa shape index (κ3) is 5.58. The van der Waals surface area contributed by atoms with Crippen LogP contribution in [-0.4, -0.2) is 61.3 Å². The van der Waals surface area contributed by atoms with Crippen molar-refractivity contribution in [3.63, 3.8) is 0 Å². The molecule has 1 aromatic heterocycles. The number of rotatable bonds is 10. The number of ether oxygens (including phenoxy) is 2. The third-order valence-corrected chi connectivity index (χ3v) is 8.33. The summed E-state index contributed by atoms with van der Waals surface area (Å²) in [6.07, 6.45) is 2.15. The van der Waals surface area contributed by atoms with Crippen LogP contribution in [0, 0.1) is 12.3 Å². The molecule has 4 N–H and O–H groups in total. The Morgan fingerprint density at radius 2 is 2.03 bits per heavy atom. The van der Waals surface area contributed by atoms with E-state index in [0.717, 1.165) is 16.8 Å². The lowest BCUT2D eigenvalue weighted by Gasteiger charge is -2.26. The lowest BCUT2D eigenvalue weighted by Crippen LogP contribution is -2.48. The zero-order valence-corrected chi connectivity index (χ0v) is 22.4. The molecule has 1 saturated carbocycles. The maximum absolute atomic E-state index is 13.9. The molecule has 1 aliphatic carbocycles. The van der Waals surface area contributed by atoms with Gasteiger partial charge < -0.3 is 24.2 Å². The number of aliphatic hydroxyl groups excluding tert-OH is 1. The highest BCUT2D eigenvalue weighted by atomic mass is 31.2. The average molecular weight is 564 g/mol. The van der Waals surface area contributed by atoms with Gasteiger partial charge in [-0.15, -0.1) is 6.42 Å². The minimum atomic E-state index is -4.35. The molecule has 0 bridgehead atoms. The van der Waals surface area contributed by atoms with Gasteiger partial charge in [0, 0.05) is 18.7 Å². The Balaban J connectivity index is 1.60. The molecule has 2 aliphatic rings. The Morgan fingerprint density at radius 3 is 2.64 bits per heavy atom. The van der Waals surface area contributed by atoms with Crippen LogP contribution >= 0.6 is 7.75 Å². The molecule has 0 radical (unpaired) electrons. The number of nitrogens with zero attached hydrogens (tertiary/aromatic N) is 1. The summed E-state index contributed by atoms with van der Waals surface area (Å²) < 4.78 is 37.4. The van der Waals surface area contributed by atoms with Gasteiger partial charge in [-0.1, -0.05) is 31.0 Å². The van der Waals surface area contributed by atoms with E-state index in [1.54, 1.807) is 25.1 Å². The van der Waals surface area contributed by atoms with Crippen molar-refractivity contribution < 1.29 is 38.1 Å². The lowest BCUT2D eigenvalue weighted by molar-refractivity contribution is -0.150. The number of terminal acetylenes is 1. The number of hydrogen-bond acceptors (Lipinski definition) is 10. The molecule has 13 nitrogen and oxygen atoms in total. The Bertz CT molecular complexity index is 1420. The molecule has 14 heteroatoms. The molecule has 39 heavy (non-hydrogen) atoms. The second kappa shape index (κ2) is 10.7. The number of para-hydroxylation sites is 1. The molecule has 1 spiro atoms. The number of aromatic amines is 1. The summed E-state index contributed by atoms with van der Waals surface area (Å²) in [5.41, 5.74) is -5.71. The van der Waals surface area contributed by atoms with Crippen LogP contribution in [0.25, 0.3) is 0 Å². The SMILES string of the molecule is C#C[C@@]1(O)[C@H](O)C2(C[C@H]2OP(=O)(N[C@@H](C)C(=O)O[C@H](C)CC)Oc2ccccc2)O[C@H]1n1ccc(=O)[nH]c1=O. The molecule has 1 aromatic carbocycles. The number of aliphatic hydroxyl groups is 2. The standard InChI is InChI=1S/C25H30N3O10P/c1-5-15(3)35-20(30)16(4)27-39(34,37-17-10-8-7-9-11-17)38-18-14-25(18)21(31)24(33,6-2)22(36-25)28-13-12-19(29)26-23(28)32/h2,7-13,15-16,18,21-22,31,33H,5,14H2,1,3-4H3,(H,27,34)(H,26,29,32)/t15-,16+,18-,21+,22-,24-,25?,39?/m1/s1. The van der Waals surface area contributed by atoms with Crippen LogP contribution < -0.4 is 20.9 Å². The van der Waals surface area contributed by atoms with Crippen LogP contribution in [-0.2, 0) is 23.4 Å².